The van der Waals surface area contributed by atoms with E-state index in [-0.39, 0.29) is 40.6 Å². The molecule has 2 aromatic carbocycles. The lowest BCUT2D eigenvalue weighted by molar-refractivity contribution is -0.137. The monoisotopic (exact) mass is 571 g/mol. The maximum Gasteiger partial charge on any atom is 0.330 e. The summed E-state index contributed by atoms with van der Waals surface area (Å²) in [5, 5.41) is 12.3. The molecule has 0 radical (unpaired) electrons. The number of fused-ring (bicyclic) bond motifs is 2. The summed E-state index contributed by atoms with van der Waals surface area (Å²) in [6.07, 6.45) is 3.83. The second-order valence-corrected chi connectivity index (χ2v) is 12.0. The molecule has 0 aliphatic heterocycles. The van der Waals surface area contributed by atoms with E-state index in [0.717, 1.165) is 12.1 Å². The Labute approximate surface area is 222 Å². The van der Waals surface area contributed by atoms with E-state index >= 15 is 0 Å². The van der Waals surface area contributed by atoms with Crippen LogP contribution in [-0.2, 0) is 19.4 Å². The standard InChI is InChI=1S/C26H25ClF3NO6S/c1-2-37-22(32)7-8-26(34)12-15-3-4-16(13-26)24(15)38(35,36)21-9-14(5-6-18(21)27)25(33)31-17-10-19(28)23(30)20(29)11-17/h5-11,15-16,24,34H,2-4,12-13H2,1H3,(H,31,33)/b8-7+/t15-,16?,24?,26-/m0/s1. The third-order valence-corrected chi connectivity index (χ3v) is 9.86. The molecule has 2 aromatic rings. The van der Waals surface area contributed by atoms with E-state index in [9.17, 15) is 36.3 Å². The van der Waals surface area contributed by atoms with Crippen LogP contribution in [0, 0.1) is 29.3 Å². The SMILES string of the molecule is CCOC(=O)/C=C/[C@@]1(O)CC2CC[C@@H](C1)C2S(=O)(=O)c1cc(C(=O)Nc2cc(F)c(F)c(F)c2)ccc1Cl. The van der Waals surface area contributed by atoms with Crippen LogP contribution in [0.3, 0.4) is 0 Å². The number of esters is 1. The molecule has 0 saturated heterocycles. The van der Waals surface area contributed by atoms with Crippen molar-refractivity contribution in [3.63, 3.8) is 0 Å². The lowest BCUT2D eigenvalue weighted by Crippen LogP contribution is -2.45. The number of halogens is 4. The molecule has 0 spiro atoms. The van der Waals surface area contributed by atoms with E-state index < -0.39 is 61.9 Å². The molecule has 2 fully saturated rings. The molecule has 2 aliphatic carbocycles. The van der Waals surface area contributed by atoms with E-state index in [1.54, 1.807) is 6.92 Å². The molecule has 0 heterocycles. The Kier molecular flexibility index (Phi) is 7.92. The first-order valence-electron chi connectivity index (χ1n) is 11.9. The molecule has 2 bridgehead atoms. The van der Waals surface area contributed by atoms with Gasteiger partial charge in [0, 0.05) is 29.5 Å². The number of benzene rings is 2. The van der Waals surface area contributed by atoms with Crippen LogP contribution in [0.4, 0.5) is 18.9 Å². The van der Waals surface area contributed by atoms with Crippen LogP contribution in [0.5, 0.6) is 0 Å². The Hall–Kier alpha value is -2.89. The van der Waals surface area contributed by atoms with Gasteiger partial charge in [-0.3, -0.25) is 4.79 Å². The van der Waals surface area contributed by atoms with Crippen LogP contribution < -0.4 is 5.32 Å². The molecule has 2 N–H and O–H groups in total. The Morgan fingerprint density at radius 2 is 1.74 bits per heavy atom. The van der Waals surface area contributed by atoms with Crippen molar-refractivity contribution in [2.45, 2.75) is 48.4 Å². The molecule has 2 aliphatic rings. The lowest BCUT2D eigenvalue weighted by Gasteiger charge is -2.39. The molecule has 1 amide bonds. The topological polar surface area (TPSA) is 110 Å². The maximum atomic E-state index is 13.8. The molecule has 7 nitrogen and oxygen atoms in total. The number of hydrogen-bond acceptors (Lipinski definition) is 6. The molecular weight excluding hydrogens is 547 g/mol. The number of ether oxygens (including phenoxy) is 1. The second kappa shape index (κ2) is 10.7. The molecule has 12 heteroatoms. The van der Waals surface area contributed by atoms with Crippen LogP contribution in [-0.4, -0.2) is 42.9 Å². The van der Waals surface area contributed by atoms with Gasteiger partial charge in [-0.2, -0.15) is 0 Å². The predicted octanol–water partition coefficient (Wildman–Crippen LogP) is 4.82. The molecule has 2 unspecified atom stereocenters. The Bertz CT molecular complexity index is 1380. The third kappa shape index (κ3) is 5.60. The van der Waals surface area contributed by atoms with E-state index in [0.29, 0.717) is 25.0 Å². The number of amides is 1. The average Bonchev–Trinajstić information content (AvgIpc) is 3.15. The fourth-order valence-electron chi connectivity index (χ4n) is 5.47. The number of rotatable bonds is 7. The summed E-state index contributed by atoms with van der Waals surface area (Å²) in [5.74, 6) is -7.00. The first-order valence-corrected chi connectivity index (χ1v) is 13.8. The summed E-state index contributed by atoms with van der Waals surface area (Å²) >= 11 is 6.25. The quantitative estimate of drug-likeness (QED) is 0.280. The van der Waals surface area contributed by atoms with Gasteiger partial charge in [-0.1, -0.05) is 11.6 Å². The lowest BCUT2D eigenvalue weighted by atomic mass is 9.77. The van der Waals surface area contributed by atoms with Crippen molar-refractivity contribution in [3.05, 3.63) is 70.5 Å². The fourth-order valence-corrected chi connectivity index (χ4v) is 8.31. The van der Waals surface area contributed by atoms with Crippen molar-refractivity contribution in [1.82, 2.24) is 0 Å². The Morgan fingerprint density at radius 3 is 2.32 bits per heavy atom. The minimum Gasteiger partial charge on any atom is -0.463 e. The molecule has 2 saturated carbocycles. The highest BCUT2D eigenvalue weighted by Crippen LogP contribution is 2.51. The van der Waals surface area contributed by atoms with Crippen molar-refractivity contribution in [1.29, 1.82) is 0 Å². The first kappa shape index (κ1) is 28.1. The zero-order chi connectivity index (χ0) is 27.8. The molecule has 4 atom stereocenters. The van der Waals surface area contributed by atoms with Gasteiger partial charge in [-0.05, 0) is 68.7 Å². The van der Waals surface area contributed by atoms with Gasteiger partial charge in [0.05, 0.1) is 27.4 Å². The van der Waals surface area contributed by atoms with Gasteiger partial charge in [-0.15, -0.1) is 0 Å². The van der Waals surface area contributed by atoms with Crippen molar-refractivity contribution >= 4 is 39.0 Å². The summed E-state index contributed by atoms with van der Waals surface area (Å²) < 4.78 is 72.6. The number of sulfone groups is 1. The van der Waals surface area contributed by atoms with Crippen molar-refractivity contribution < 1.29 is 41.0 Å². The number of carbonyl (C=O) groups is 2. The van der Waals surface area contributed by atoms with Crippen molar-refractivity contribution in [2.75, 3.05) is 11.9 Å². The van der Waals surface area contributed by atoms with Crippen molar-refractivity contribution in [2.24, 2.45) is 11.8 Å². The normalized spacial score (nSPS) is 24.9. The summed E-state index contributed by atoms with van der Waals surface area (Å²) in [6, 6.07) is 4.77. The highest BCUT2D eigenvalue weighted by Gasteiger charge is 2.53. The minimum atomic E-state index is -4.07. The predicted molar refractivity (Wildman–Crippen MR) is 133 cm³/mol. The van der Waals surface area contributed by atoms with Gasteiger partial charge < -0.3 is 15.2 Å². The minimum absolute atomic E-state index is 0.108. The number of aliphatic hydroxyl groups is 1. The van der Waals surface area contributed by atoms with E-state index in [1.807, 2.05) is 0 Å². The molecule has 0 aromatic heterocycles. The summed E-state index contributed by atoms with van der Waals surface area (Å²) in [7, 11) is -4.07. The van der Waals surface area contributed by atoms with Gasteiger partial charge in [-0.25, -0.2) is 26.4 Å². The first-order chi connectivity index (χ1) is 17.8. The summed E-state index contributed by atoms with van der Waals surface area (Å²) in [6.45, 7) is 1.84. The highest BCUT2D eigenvalue weighted by molar-refractivity contribution is 7.92. The van der Waals surface area contributed by atoms with Crippen LogP contribution in [0.1, 0.15) is 43.0 Å². The molecule has 204 valence electrons. The molecule has 38 heavy (non-hydrogen) atoms. The number of carbonyl (C=O) groups excluding carboxylic acids is 2. The Balaban J connectivity index is 1.57. The summed E-state index contributed by atoms with van der Waals surface area (Å²) in [4.78, 5) is 24.1. The van der Waals surface area contributed by atoms with Crippen LogP contribution >= 0.6 is 11.6 Å². The van der Waals surface area contributed by atoms with Gasteiger partial charge in [0.15, 0.2) is 27.3 Å². The van der Waals surface area contributed by atoms with Gasteiger partial charge in [0.1, 0.15) is 0 Å². The number of hydrogen-bond donors (Lipinski definition) is 2. The van der Waals surface area contributed by atoms with Gasteiger partial charge >= 0.3 is 5.97 Å². The zero-order valence-corrected chi connectivity index (χ0v) is 21.8. The molecule has 4 rings (SSSR count). The largest absolute Gasteiger partial charge is 0.463 e. The maximum absolute atomic E-state index is 13.8. The van der Waals surface area contributed by atoms with E-state index in [1.165, 1.54) is 18.2 Å². The molecular formula is C26H25ClF3NO6S. The van der Waals surface area contributed by atoms with Crippen LogP contribution in [0.25, 0.3) is 0 Å². The van der Waals surface area contributed by atoms with Gasteiger partial charge in [0.2, 0.25) is 0 Å². The number of nitrogens with one attached hydrogen (secondary N) is 1. The smallest absolute Gasteiger partial charge is 0.330 e. The average molecular weight is 572 g/mol. The van der Waals surface area contributed by atoms with Crippen LogP contribution in [0.15, 0.2) is 47.4 Å². The Morgan fingerprint density at radius 1 is 1.13 bits per heavy atom. The zero-order valence-electron chi connectivity index (χ0n) is 20.2. The van der Waals surface area contributed by atoms with Gasteiger partial charge in [0.25, 0.3) is 5.91 Å². The van der Waals surface area contributed by atoms with E-state index in [2.05, 4.69) is 5.32 Å². The van der Waals surface area contributed by atoms with Crippen molar-refractivity contribution in [3.8, 4) is 0 Å². The van der Waals surface area contributed by atoms with Crippen LogP contribution in [0.2, 0.25) is 5.02 Å². The summed E-state index contributed by atoms with van der Waals surface area (Å²) in [5.41, 5.74) is -1.86. The fraction of sp³-hybridized carbons (Fsp3) is 0.385. The number of anilines is 1. The third-order valence-electron chi connectivity index (χ3n) is 6.98. The second-order valence-electron chi connectivity index (χ2n) is 9.56. The highest BCUT2D eigenvalue weighted by atomic mass is 35.5. The van der Waals surface area contributed by atoms with E-state index in [4.69, 9.17) is 16.3 Å².